The molecule has 3 heteroatoms. The molecule has 0 radical (unpaired) electrons. The molecule has 3 nitrogen and oxygen atoms in total. The van der Waals surface area contributed by atoms with Gasteiger partial charge in [-0.25, -0.2) is 0 Å². The molecule has 0 aliphatic heterocycles. The van der Waals surface area contributed by atoms with Crippen LogP contribution in [0.5, 0.6) is 5.75 Å². The van der Waals surface area contributed by atoms with Gasteiger partial charge >= 0.3 is 0 Å². The Labute approximate surface area is 108 Å². The number of hydrogen-bond donors (Lipinski definition) is 1. The molecule has 0 unspecified atom stereocenters. The molecule has 2 aromatic rings. The predicted molar refractivity (Wildman–Crippen MR) is 73.9 cm³/mol. The Morgan fingerprint density at radius 3 is 2.94 bits per heavy atom. The third-order valence-electron chi connectivity index (χ3n) is 2.71. The number of hydrogen-bond acceptors (Lipinski definition) is 3. The van der Waals surface area contributed by atoms with Crippen molar-refractivity contribution in [1.29, 1.82) is 0 Å². The Morgan fingerprint density at radius 1 is 1.28 bits per heavy atom. The fourth-order valence-corrected chi connectivity index (χ4v) is 1.78. The second-order valence-electron chi connectivity index (χ2n) is 4.12. The van der Waals surface area contributed by atoms with E-state index in [-0.39, 0.29) is 0 Å². The van der Waals surface area contributed by atoms with Gasteiger partial charge in [0.25, 0.3) is 0 Å². The van der Waals surface area contributed by atoms with E-state index >= 15 is 0 Å². The highest BCUT2D eigenvalue weighted by atomic mass is 16.5. The zero-order chi connectivity index (χ0) is 12.8. The monoisotopic (exact) mass is 242 g/mol. The van der Waals surface area contributed by atoms with Crippen LogP contribution >= 0.6 is 0 Å². The van der Waals surface area contributed by atoms with Gasteiger partial charge in [-0.05, 0) is 43.2 Å². The van der Waals surface area contributed by atoms with E-state index in [1.165, 1.54) is 5.56 Å². The van der Waals surface area contributed by atoms with E-state index in [9.17, 15) is 0 Å². The lowest BCUT2D eigenvalue weighted by atomic mass is 10.2. The minimum absolute atomic E-state index is 0.695. The average Bonchev–Trinajstić information content (AvgIpc) is 2.39. The summed E-state index contributed by atoms with van der Waals surface area (Å²) in [5, 5.41) is 3.40. The van der Waals surface area contributed by atoms with Crippen LogP contribution in [0.1, 0.15) is 18.1 Å². The van der Waals surface area contributed by atoms with Crippen LogP contribution in [0.15, 0.2) is 42.7 Å². The highest BCUT2D eigenvalue weighted by molar-refractivity contribution is 5.49. The number of anilines is 1. The second-order valence-corrected chi connectivity index (χ2v) is 4.12. The number of aryl methyl sites for hydroxylation is 1. The first kappa shape index (κ1) is 12.4. The number of pyridine rings is 1. The summed E-state index contributed by atoms with van der Waals surface area (Å²) in [6.45, 7) is 5.52. The molecule has 0 aliphatic rings. The highest BCUT2D eigenvalue weighted by Gasteiger charge is 1.99. The van der Waals surface area contributed by atoms with Crippen molar-refractivity contribution >= 4 is 5.69 Å². The Hall–Kier alpha value is -2.03. The summed E-state index contributed by atoms with van der Waals surface area (Å²) in [7, 11) is 0. The summed E-state index contributed by atoms with van der Waals surface area (Å²) in [6, 6.07) is 10.1. The molecule has 0 fully saturated rings. The molecule has 0 spiro atoms. The molecule has 0 aliphatic carbocycles. The van der Waals surface area contributed by atoms with E-state index < -0.39 is 0 Å². The smallest absolute Gasteiger partial charge is 0.119 e. The van der Waals surface area contributed by atoms with Crippen LogP contribution in [0, 0.1) is 6.92 Å². The largest absolute Gasteiger partial charge is 0.494 e. The molecule has 1 heterocycles. The van der Waals surface area contributed by atoms with Crippen LogP contribution in [0.25, 0.3) is 0 Å². The zero-order valence-electron chi connectivity index (χ0n) is 10.8. The van der Waals surface area contributed by atoms with Gasteiger partial charge in [-0.3, -0.25) is 4.98 Å². The SMILES string of the molecule is CCOc1cccc(CNc2ccncc2C)c1. The van der Waals surface area contributed by atoms with Crippen LogP contribution < -0.4 is 10.1 Å². The van der Waals surface area contributed by atoms with Gasteiger partial charge in [-0.2, -0.15) is 0 Å². The van der Waals surface area contributed by atoms with E-state index in [0.29, 0.717) is 6.61 Å². The quantitative estimate of drug-likeness (QED) is 0.872. The number of aromatic nitrogens is 1. The van der Waals surface area contributed by atoms with Gasteiger partial charge in [0, 0.05) is 24.6 Å². The van der Waals surface area contributed by atoms with Gasteiger partial charge in [0.2, 0.25) is 0 Å². The van der Waals surface area contributed by atoms with Crippen LogP contribution in [-0.4, -0.2) is 11.6 Å². The number of benzene rings is 1. The lowest BCUT2D eigenvalue weighted by molar-refractivity contribution is 0.340. The van der Waals surface area contributed by atoms with Crippen molar-refractivity contribution in [3.63, 3.8) is 0 Å². The van der Waals surface area contributed by atoms with Crippen molar-refractivity contribution in [3.05, 3.63) is 53.9 Å². The van der Waals surface area contributed by atoms with Gasteiger partial charge < -0.3 is 10.1 Å². The molecular formula is C15H18N2O. The van der Waals surface area contributed by atoms with Gasteiger partial charge in [-0.15, -0.1) is 0 Å². The number of rotatable bonds is 5. The molecule has 18 heavy (non-hydrogen) atoms. The number of nitrogens with zero attached hydrogens (tertiary/aromatic N) is 1. The lowest BCUT2D eigenvalue weighted by Gasteiger charge is -2.10. The molecule has 1 N–H and O–H groups in total. The maximum atomic E-state index is 5.48. The van der Waals surface area contributed by atoms with Crippen molar-refractivity contribution in [2.75, 3.05) is 11.9 Å². The Balaban J connectivity index is 2.02. The van der Waals surface area contributed by atoms with Crippen molar-refractivity contribution in [2.45, 2.75) is 20.4 Å². The lowest BCUT2D eigenvalue weighted by Crippen LogP contribution is -2.01. The first-order valence-electron chi connectivity index (χ1n) is 6.16. The first-order chi connectivity index (χ1) is 8.79. The van der Waals surface area contributed by atoms with E-state index in [4.69, 9.17) is 4.74 Å². The van der Waals surface area contributed by atoms with Gasteiger partial charge in [0.05, 0.1) is 6.61 Å². The Kier molecular flexibility index (Phi) is 4.18. The maximum absolute atomic E-state index is 5.48. The molecule has 1 aromatic carbocycles. The Morgan fingerprint density at radius 2 is 2.17 bits per heavy atom. The van der Waals surface area contributed by atoms with Crippen molar-refractivity contribution in [3.8, 4) is 5.75 Å². The van der Waals surface area contributed by atoms with Crippen molar-refractivity contribution < 1.29 is 4.74 Å². The van der Waals surface area contributed by atoms with Gasteiger partial charge in [0.15, 0.2) is 0 Å². The predicted octanol–water partition coefficient (Wildman–Crippen LogP) is 3.40. The third-order valence-corrected chi connectivity index (χ3v) is 2.71. The molecule has 1 aromatic heterocycles. The molecule has 2 rings (SSSR count). The van der Waals surface area contributed by atoms with Gasteiger partial charge in [-0.1, -0.05) is 12.1 Å². The summed E-state index contributed by atoms with van der Waals surface area (Å²) >= 11 is 0. The minimum Gasteiger partial charge on any atom is -0.494 e. The van der Waals surface area contributed by atoms with Gasteiger partial charge in [0.1, 0.15) is 5.75 Å². The Bertz CT molecular complexity index is 511. The summed E-state index contributed by atoms with van der Waals surface area (Å²) in [6.07, 6.45) is 3.66. The van der Waals surface area contributed by atoms with E-state index in [2.05, 4.69) is 22.4 Å². The standard InChI is InChI=1S/C15H18N2O/c1-3-18-14-6-4-5-13(9-14)11-17-15-7-8-16-10-12(15)2/h4-10H,3,11H2,1-2H3,(H,16,17). The van der Waals surface area contributed by atoms with Crippen LogP contribution in [0.2, 0.25) is 0 Å². The molecular weight excluding hydrogens is 224 g/mol. The van der Waals surface area contributed by atoms with Crippen LogP contribution in [-0.2, 0) is 6.54 Å². The summed E-state index contributed by atoms with van der Waals surface area (Å²) in [5.74, 6) is 0.920. The normalized spacial score (nSPS) is 10.1. The fraction of sp³-hybridized carbons (Fsp3) is 0.267. The molecule has 0 atom stereocenters. The molecule has 0 saturated heterocycles. The summed E-state index contributed by atoms with van der Waals surface area (Å²) in [4.78, 5) is 4.08. The third kappa shape index (κ3) is 3.23. The topological polar surface area (TPSA) is 34.1 Å². The number of nitrogens with one attached hydrogen (secondary N) is 1. The second kappa shape index (κ2) is 6.05. The minimum atomic E-state index is 0.695. The average molecular weight is 242 g/mol. The zero-order valence-corrected chi connectivity index (χ0v) is 10.8. The fourth-order valence-electron chi connectivity index (χ4n) is 1.78. The molecule has 0 bridgehead atoms. The van der Waals surface area contributed by atoms with E-state index in [1.54, 1.807) is 6.20 Å². The molecule has 94 valence electrons. The summed E-state index contributed by atoms with van der Waals surface area (Å²) in [5.41, 5.74) is 3.47. The van der Waals surface area contributed by atoms with E-state index in [1.807, 2.05) is 38.2 Å². The van der Waals surface area contributed by atoms with Crippen molar-refractivity contribution in [2.24, 2.45) is 0 Å². The molecule has 0 saturated carbocycles. The van der Waals surface area contributed by atoms with E-state index in [0.717, 1.165) is 23.5 Å². The first-order valence-corrected chi connectivity index (χ1v) is 6.16. The highest BCUT2D eigenvalue weighted by Crippen LogP contribution is 2.16. The van der Waals surface area contributed by atoms with Crippen LogP contribution in [0.3, 0.4) is 0 Å². The molecule has 0 amide bonds. The summed E-state index contributed by atoms with van der Waals surface area (Å²) < 4.78 is 5.48. The number of ether oxygens (including phenoxy) is 1. The maximum Gasteiger partial charge on any atom is 0.119 e. The van der Waals surface area contributed by atoms with Crippen molar-refractivity contribution in [1.82, 2.24) is 4.98 Å². The van der Waals surface area contributed by atoms with Crippen LogP contribution in [0.4, 0.5) is 5.69 Å².